The third-order valence-electron chi connectivity index (χ3n) is 6.68. The Bertz CT molecular complexity index is 1460. The topological polar surface area (TPSA) is 111 Å². The number of imide groups is 1. The number of allylic oxidation sites excluding steroid dienone is 1. The molecule has 1 unspecified atom stereocenters. The van der Waals surface area contributed by atoms with Gasteiger partial charge in [0.25, 0.3) is 11.8 Å². The Labute approximate surface area is 237 Å². The maximum atomic E-state index is 13.7. The Kier molecular flexibility index (Phi) is 8.55. The molecule has 0 bridgehead atoms. The van der Waals surface area contributed by atoms with Crippen LogP contribution in [0, 0.1) is 0 Å². The fourth-order valence-electron chi connectivity index (χ4n) is 4.82. The van der Waals surface area contributed by atoms with Gasteiger partial charge in [0.15, 0.2) is 0 Å². The number of hydrogen-bond acceptors (Lipinski definition) is 8. The van der Waals surface area contributed by atoms with Crippen molar-refractivity contribution in [3.8, 4) is 0 Å². The van der Waals surface area contributed by atoms with Crippen LogP contribution in [0.1, 0.15) is 44.7 Å². The molecule has 2 aliphatic rings. The van der Waals surface area contributed by atoms with Crippen LogP contribution in [0.5, 0.6) is 0 Å². The van der Waals surface area contributed by atoms with Gasteiger partial charge in [-0.1, -0.05) is 35.9 Å². The average Bonchev–Trinajstić information content (AvgIpc) is 3.18. The monoisotopic (exact) mass is 592 g/mol. The number of benzene rings is 2. The molecular formula is C28H24ClF3N2O7. The van der Waals surface area contributed by atoms with Gasteiger partial charge < -0.3 is 19.5 Å². The zero-order valence-electron chi connectivity index (χ0n) is 22.1. The lowest BCUT2D eigenvalue weighted by atomic mass is 9.79. The van der Waals surface area contributed by atoms with Gasteiger partial charge in [-0.3, -0.25) is 14.5 Å². The first-order valence-electron chi connectivity index (χ1n) is 12.2. The third-order valence-corrected chi connectivity index (χ3v) is 7.11. The van der Waals surface area contributed by atoms with Crippen LogP contribution in [-0.4, -0.2) is 62.6 Å². The summed E-state index contributed by atoms with van der Waals surface area (Å²) < 4.78 is 56.6. The number of ether oxygens (including phenoxy) is 3. The highest BCUT2D eigenvalue weighted by atomic mass is 35.5. The summed E-state index contributed by atoms with van der Waals surface area (Å²) in [6.45, 7) is 0.936. The zero-order valence-corrected chi connectivity index (χ0v) is 22.8. The zero-order chi connectivity index (χ0) is 30.1. The molecule has 9 nitrogen and oxygen atoms in total. The van der Waals surface area contributed by atoms with Crippen molar-refractivity contribution in [1.82, 2.24) is 10.2 Å². The standard InChI is InChI=1S/C28H24ClF3N2O7/c1-14-20(26(37)39-2)21(17-9-6-10-18(23(17)29)28(30,31)32)22(27(38)40-3)19(33-14)13-41-12-11-34-24(35)15-7-4-5-8-16(15)25(34)36/h4-10,21,33H,11-13H2,1-3H3. The van der Waals surface area contributed by atoms with E-state index in [0.29, 0.717) is 0 Å². The molecule has 2 heterocycles. The van der Waals surface area contributed by atoms with Gasteiger partial charge in [0.1, 0.15) is 0 Å². The van der Waals surface area contributed by atoms with Gasteiger partial charge in [-0.2, -0.15) is 13.2 Å². The second kappa shape index (κ2) is 11.8. The second-order valence-corrected chi connectivity index (χ2v) is 9.42. The van der Waals surface area contributed by atoms with E-state index in [0.717, 1.165) is 31.3 Å². The molecule has 0 saturated heterocycles. The first-order valence-corrected chi connectivity index (χ1v) is 12.6. The summed E-state index contributed by atoms with van der Waals surface area (Å²) in [6.07, 6.45) is -4.81. The van der Waals surface area contributed by atoms with Gasteiger partial charge in [-0.05, 0) is 30.7 Å². The van der Waals surface area contributed by atoms with Crippen LogP contribution in [0.2, 0.25) is 5.02 Å². The van der Waals surface area contributed by atoms with Gasteiger partial charge in [0.2, 0.25) is 0 Å². The van der Waals surface area contributed by atoms with Gasteiger partial charge in [-0.15, -0.1) is 0 Å². The summed E-state index contributed by atoms with van der Waals surface area (Å²) in [7, 11) is 2.16. The fourth-order valence-corrected chi connectivity index (χ4v) is 5.16. The molecule has 0 spiro atoms. The number of rotatable bonds is 8. The molecule has 2 aromatic rings. The molecule has 2 amide bonds. The first kappa shape index (κ1) is 29.8. The van der Waals surface area contributed by atoms with Crippen molar-refractivity contribution in [3.63, 3.8) is 0 Å². The minimum atomic E-state index is -4.81. The molecule has 0 fully saturated rings. The summed E-state index contributed by atoms with van der Waals surface area (Å²) in [5.41, 5.74) is -0.876. The molecule has 2 aliphatic heterocycles. The molecule has 2 aromatic carbocycles. The van der Waals surface area contributed by atoms with Crippen LogP contribution < -0.4 is 5.32 Å². The molecule has 0 aromatic heterocycles. The number of hydrogen-bond donors (Lipinski definition) is 1. The fraction of sp³-hybridized carbons (Fsp3) is 0.286. The van der Waals surface area contributed by atoms with Gasteiger partial charge in [-0.25, -0.2) is 9.59 Å². The molecule has 1 atom stereocenters. The number of esters is 2. The lowest BCUT2D eigenvalue weighted by molar-refractivity contribution is -0.138. The lowest BCUT2D eigenvalue weighted by Gasteiger charge is -2.32. The van der Waals surface area contributed by atoms with E-state index in [-0.39, 0.29) is 59.0 Å². The van der Waals surface area contributed by atoms with Crippen molar-refractivity contribution in [2.24, 2.45) is 0 Å². The quantitative estimate of drug-likeness (QED) is 0.275. The molecule has 4 rings (SSSR count). The number of nitrogens with one attached hydrogen (secondary N) is 1. The molecule has 0 aliphatic carbocycles. The molecule has 0 saturated carbocycles. The molecule has 1 N–H and O–H groups in total. The first-order chi connectivity index (χ1) is 19.4. The average molecular weight is 593 g/mol. The van der Waals surface area contributed by atoms with Crippen LogP contribution in [-0.2, 0) is 30.0 Å². The van der Waals surface area contributed by atoms with Crippen LogP contribution in [0.4, 0.5) is 13.2 Å². The number of fused-ring (bicyclic) bond motifs is 1. The third kappa shape index (κ3) is 5.57. The molecular weight excluding hydrogens is 569 g/mol. The predicted molar refractivity (Wildman–Crippen MR) is 139 cm³/mol. The summed E-state index contributed by atoms with van der Waals surface area (Å²) in [4.78, 5) is 52.1. The van der Waals surface area contributed by atoms with Gasteiger partial charge in [0.05, 0.1) is 78.5 Å². The van der Waals surface area contributed by atoms with E-state index in [1.54, 1.807) is 24.3 Å². The van der Waals surface area contributed by atoms with E-state index < -0.39 is 46.4 Å². The van der Waals surface area contributed by atoms with Crippen LogP contribution in [0.25, 0.3) is 0 Å². The van der Waals surface area contributed by atoms with E-state index in [1.807, 2.05) is 0 Å². The van der Waals surface area contributed by atoms with Gasteiger partial charge >= 0.3 is 18.1 Å². The highest BCUT2D eigenvalue weighted by Gasteiger charge is 2.42. The number of carbonyl (C=O) groups is 4. The summed E-state index contributed by atoms with van der Waals surface area (Å²) >= 11 is 6.22. The summed E-state index contributed by atoms with van der Waals surface area (Å²) in [6, 6.07) is 9.55. The Morgan fingerprint density at radius 2 is 1.54 bits per heavy atom. The highest BCUT2D eigenvalue weighted by Crippen LogP contribution is 2.45. The Morgan fingerprint density at radius 3 is 2.10 bits per heavy atom. The molecule has 0 radical (unpaired) electrons. The Balaban J connectivity index is 1.67. The van der Waals surface area contributed by atoms with Crippen molar-refractivity contribution in [3.05, 3.63) is 92.3 Å². The van der Waals surface area contributed by atoms with E-state index in [2.05, 4.69) is 5.32 Å². The van der Waals surface area contributed by atoms with E-state index >= 15 is 0 Å². The number of dihydropyridines is 1. The van der Waals surface area contributed by atoms with Crippen LogP contribution >= 0.6 is 11.6 Å². The van der Waals surface area contributed by atoms with E-state index in [1.165, 1.54) is 13.0 Å². The van der Waals surface area contributed by atoms with E-state index in [9.17, 15) is 32.3 Å². The highest BCUT2D eigenvalue weighted by molar-refractivity contribution is 6.32. The van der Waals surface area contributed by atoms with E-state index in [4.69, 9.17) is 25.8 Å². The Morgan fingerprint density at radius 1 is 0.951 bits per heavy atom. The number of halogens is 4. The normalized spacial score (nSPS) is 17.0. The molecule has 13 heteroatoms. The van der Waals surface area contributed by atoms with Crippen molar-refractivity contribution in [2.75, 3.05) is 34.0 Å². The predicted octanol–water partition coefficient (Wildman–Crippen LogP) is 4.23. The number of alkyl halides is 3. The van der Waals surface area contributed by atoms with Crippen LogP contribution in [0.15, 0.2) is 65.0 Å². The number of amides is 2. The number of nitrogens with zero attached hydrogens (tertiary/aromatic N) is 1. The van der Waals surface area contributed by atoms with Crippen molar-refractivity contribution in [1.29, 1.82) is 0 Å². The smallest absolute Gasteiger partial charge is 0.417 e. The number of methoxy groups -OCH3 is 2. The lowest BCUT2D eigenvalue weighted by Crippen LogP contribution is -2.36. The number of carbonyl (C=O) groups excluding carboxylic acids is 4. The van der Waals surface area contributed by atoms with Crippen molar-refractivity contribution in [2.45, 2.75) is 19.0 Å². The largest absolute Gasteiger partial charge is 0.466 e. The summed E-state index contributed by atoms with van der Waals surface area (Å²) in [5.74, 6) is -4.20. The molecule has 41 heavy (non-hydrogen) atoms. The molecule has 216 valence electrons. The summed E-state index contributed by atoms with van der Waals surface area (Å²) in [5, 5.41) is 2.19. The van der Waals surface area contributed by atoms with Crippen molar-refractivity contribution >= 4 is 35.4 Å². The SMILES string of the molecule is COC(=O)C1=C(C)NC(COCCN2C(=O)c3ccccc3C2=O)=C(C(=O)OC)C1c1cccc(C(F)(F)F)c1Cl. The minimum Gasteiger partial charge on any atom is -0.466 e. The minimum absolute atomic E-state index is 0.0860. The second-order valence-electron chi connectivity index (χ2n) is 9.04. The van der Waals surface area contributed by atoms with Crippen molar-refractivity contribution < 1.29 is 46.6 Å². The van der Waals surface area contributed by atoms with Crippen LogP contribution in [0.3, 0.4) is 0 Å². The maximum absolute atomic E-state index is 13.7. The Hall–Kier alpha value is -4.16. The maximum Gasteiger partial charge on any atom is 0.417 e. The van der Waals surface area contributed by atoms with Gasteiger partial charge in [0, 0.05) is 5.70 Å².